The van der Waals surface area contributed by atoms with Crippen LogP contribution in [-0.2, 0) is 14.8 Å². The van der Waals surface area contributed by atoms with E-state index in [9.17, 15) is 26.4 Å². The summed E-state index contributed by atoms with van der Waals surface area (Å²) in [7, 11) is -5.73. The lowest BCUT2D eigenvalue weighted by atomic mass is 9.79. The Morgan fingerprint density at radius 2 is 1.97 bits per heavy atom. The molecule has 3 rings (SSSR count). The molecule has 1 aromatic heterocycles. The number of alkyl halides is 3. The molecule has 1 aliphatic heterocycles. The number of carbonyl (C=O) groups is 1. The molecule has 15 heteroatoms. The zero-order valence-electron chi connectivity index (χ0n) is 20.4. The second-order valence-electron chi connectivity index (χ2n) is 8.86. The molecule has 1 unspecified atom stereocenters. The molecular formula is C21H27F3N6O4S2. The molecule has 0 fully saturated rings. The summed E-state index contributed by atoms with van der Waals surface area (Å²) in [6.45, 7) is 10.4. The topological polar surface area (TPSA) is 126 Å². The number of sulfonamides is 1. The first-order valence-electron chi connectivity index (χ1n) is 11.2. The predicted molar refractivity (Wildman–Crippen MR) is 130 cm³/mol. The van der Waals surface area contributed by atoms with Gasteiger partial charge in [-0.3, -0.25) is 4.72 Å². The second kappa shape index (κ2) is 10.3. The smallest absolute Gasteiger partial charge is 0.461 e. The van der Waals surface area contributed by atoms with Gasteiger partial charge in [-0.15, -0.1) is 20.4 Å². The van der Waals surface area contributed by atoms with E-state index in [2.05, 4.69) is 25.3 Å². The number of anilines is 2. The quantitative estimate of drug-likeness (QED) is 0.322. The number of ether oxygens (including phenoxy) is 1. The third-order valence-corrected chi connectivity index (χ3v) is 7.49. The van der Waals surface area contributed by atoms with Crippen LogP contribution in [0.4, 0.5) is 35.4 Å². The Bertz CT molecular complexity index is 1260. The summed E-state index contributed by atoms with van der Waals surface area (Å²) in [5, 5.41) is 15.1. The molecule has 10 nitrogen and oxygen atoms in total. The van der Waals surface area contributed by atoms with Crippen LogP contribution in [0.25, 0.3) is 0 Å². The van der Waals surface area contributed by atoms with Crippen molar-refractivity contribution in [1.29, 1.82) is 0 Å². The van der Waals surface area contributed by atoms with Crippen molar-refractivity contribution < 1.29 is 31.1 Å². The number of azo groups is 1. The number of aromatic nitrogens is 2. The number of nitrogens with zero attached hydrogens (tertiary/aromatic N) is 5. The van der Waals surface area contributed by atoms with Crippen molar-refractivity contribution in [2.24, 2.45) is 10.2 Å². The number of hydrogen-bond donors (Lipinski definition) is 1. The highest BCUT2D eigenvalue weighted by molar-refractivity contribution is 7.93. The molecule has 1 aliphatic rings. The zero-order valence-corrected chi connectivity index (χ0v) is 22.0. The fraction of sp³-hybridized carbons (Fsp3) is 0.571. The maximum atomic E-state index is 13.2. The SMILES string of the molecule is CCCN1c2cc(NS(=O)(=O)C(F)(F)F)c(N=Nc3nnc(C(=O)OCC)s3)cc2C(C)CC1(C)C. The number of halogens is 3. The van der Waals surface area contributed by atoms with Crippen LogP contribution in [0.2, 0.25) is 0 Å². The van der Waals surface area contributed by atoms with Gasteiger partial charge in [-0.2, -0.15) is 21.6 Å². The van der Waals surface area contributed by atoms with E-state index in [0.717, 1.165) is 29.7 Å². The number of carbonyl (C=O) groups excluding carboxylic acids is 1. The molecule has 1 atom stereocenters. The van der Waals surface area contributed by atoms with Gasteiger partial charge in [-0.1, -0.05) is 25.2 Å². The van der Waals surface area contributed by atoms with Crippen molar-refractivity contribution >= 4 is 49.5 Å². The standard InChI is InChI=1S/C21H27F3N6O4S2/c1-6-8-30-16-10-15(29-36(32,33)21(22,23)24)14(9-13(16)12(3)11-20(30,4)5)25-27-19-28-26-17(35-19)18(31)34-7-2/h9-10,12,29H,6-8,11H2,1-5H3. The molecular weight excluding hydrogens is 521 g/mol. The average Bonchev–Trinajstić information content (AvgIpc) is 3.23. The highest BCUT2D eigenvalue weighted by atomic mass is 32.2. The molecule has 198 valence electrons. The fourth-order valence-electron chi connectivity index (χ4n) is 4.16. The minimum atomic E-state index is -5.73. The van der Waals surface area contributed by atoms with E-state index >= 15 is 0 Å². The number of benzene rings is 1. The number of fused-ring (bicyclic) bond motifs is 1. The largest absolute Gasteiger partial charge is 0.516 e. The molecule has 0 amide bonds. The molecule has 2 aromatic rings. The lowest BCUT2D eigenvalue weighted by Gasteiger charge is -2.47. The van der Waals surface area contributed by atoms with Crippen molar-refractivity contribution in [2.75, 3.05) is 22.8 Å². The van der Waals surface area contributed by atoms with Crippen LogP contribution in [0, 0.1) is 0 Å². The van der Waals surface area contributed by atoms with Crippen LogP contribution in [0.3, 0.4) is 0 Å². The minimum absolute atomic E-state index is 0.0160. The van der Waals surface area contributed by atoms with E-state index in [4.69, 9.17) is 4.74 Å². The van der Waals surface area contributed by atoms with Gasteiger partial charge in [0.05, 0.1) is 12.3 Å². The Kier molecular flexibility index (Phi) is 7.93. The summed E-state index contributed by atoms with van der Waals surface area (Å²) in [4.78, 5) is 13.9. The highest BCUT2D eigenvalue weighted by Gasteiger charge is 2.46. The van der Waals surface area contributed by atoms with Crippen molar-refractivity contribution in [3.8, 4) is 0 Å². The number of nitrogens with one attached hydrogen (secondary N) is 1. The summed E-state index contributed by atoms with van der Waals surface area (Å²) >= 11 is 0.775. The van der Waals surface area contributed by atoms with Crippen LogP contribution in [0.5, 0.6) is 0 Å². The summed E-state index contributed by atoms with van der Waals surface area (Å²) in [5.41, 5.74) is -4.91. The van der Waals surface area contributed by atoms with Gasteiger partial charge in [0.2, 0.25) is 5.01 Å². The van der Waals surface area contributed by atoms with Crippen LogP contribution < -0.4 is 9.62 Å². The van der Waals surface area contributed by atoms with Gasteiger partial charge >= 0.3 is 21.5 Å². The molecule has 1 N–H and O–H groups in total. The Labute approximate surface area is 211 Å². The van der Waals surface area contributed by atoms with E-state index in [1.54, 1.807) is 11.6 Å². The molecule has 0 aliphatic carbocycles. The van der Waals surface area contributed by atoms with Crippen molar-refractivity contribution in [3.05, 3.63) is 22.7 Å². The zero-order chi connectivity index (χ0) is 26.9. The van der Waals surface area contributed by atoms with Crippen LogP contribution in [0.1, 0.15) is 68.7 Å². The Balaban J connectivity index is 2.11. The van der Waals surface area contributed by atoms with Gasteiger partial charge in [0.15, 0.2) is 0 Å². The third kappa shape index (κ3) is 5.77. The first-order chi connectivity index (χ1) is 16.7. The van der Waals surface area contributed by atoms with Crippen LogP contribution >= 0.6 is 11.3 Å². The van der Waals surface area contributed by atoms with E-state index < -0.39 is 21.5 Å². The van der Waals surface area contributed by atoms with Crippen molar-refractivity contribution in [2.45, 2.75) is 64.4 Å². The summed E-state index contributed by atoms with van der Waals surface area (Å²) in [5.74, 6) is -0.682. The Hall–Kier alpha value is -2.81. The van der Waals surface area contributed by atoms with Crippen molar-refractivity contribution in [1.82, 2.24) is 10.2 Å². The van der Waals surface area contributed by atoms with Crippen LogP contribution in [-0.4, -0.2) is 48.8 Å². The van der Waals surface area contributed by atoms with Gasteiger partial charge < -0.3 is 9.64 Å². The summed E-state index contributed by atoms with van der Waals surface area (Å²) in [6.07, 6.45) is 1.55. The summed E-state index contributed by atoms with van der Waals surface area (Å²) in [6, 6.07) is 2.90. The number of esters is 1. The molecule has 36 heavy (non-hydrogen) atoms. The normalized spacial score (nSPS) is 17.8. The average molecular weight is 549 g/mol. The van der Waals surface area contributed by atoms with Crippen LogP contribution in [0.15, 0.2) is 22.4 Å². The fourth-order valence-corrected chi connectivity index (χ4v) is 5.29. The minimum Gasteiger partial charge on any atom is -0.461 e. The molecule has 2 heterocycles. The van der Waals surface area contributed by atoms with E-state index in [1.807, 2.05) is 27.7 Å². The molecule has 0 saturated heterocycles. The molecule has 0 spiro atoms. The lowest BCUT2D eigenvalue weighted by Crippen LogP contribution is -2.48. The molecule has 0 saturated carbocycles. The maximum absolute atomic E-state index is 13.2. The summed E-state index contributed by atoms with van der Waals surface area (Å²) < 4.78 is 69.9. The highest BCUT2D eigenvalue weighted by Crippen LogP contribution is 2.47. The first-order valence-corrected chi connectivity index (χ1v) is 13.5. The number of hydrogen-bond acceptors (Lipinski definition) is 10. The number of rotatable bonds is 8. The van der Waals surface area contributed by atoms with E-state index in [1.165, 1.54) is 12.1 Å². The predicted octanol–water partition coefficient (Wildman–Crippen LogP) is 5.89. The van der Waals surface area contributed by atoms with Gasteiger partial charge in [0.1, 0.15) is 5.69 Å². The maximum Gasteiger partial charge on any atom is 0.516 e. The van der Waals surface area contributed by atoms with Gasteiger partial charge in [0, 0.05) is 17.8 Å². The van der Waals surface area contributed by atoms with E-state index in [0.29, 0.717) is 12.2 Å². The second-order valence-corrected chi connectivity index (χ2v) is 11.5. The van der Waals surface area contributed by atoms with Gasteiger partial charge in [-0.05, 0) is 57.2 Å². The Morgan fingerprint density at radius 3 is 2.58 bits per heavy atom. The molecule has 1 aromatic carbocycles. The van der Waals surface area contributed by atoms with Gasteiger partial charge in [0.25, 0.3) is 5.13 Å². The van der Waals surface area contributed by atoms with E-state index in [-0.39, 0.29) is 39.6 Å². The Morgan fingerprint density at radius 1 is 1.28 bits per heavy atom. The monoisotopic (exact) mass is 548 g/mol. The molecule has 0 bridgehead atoms. The van der Waals surface area contributed by atoms with Crippen molar-refractivity contribution in [3.63, 3.8) is 0 Å². The third-order valence-electron chi connectivity index (χ3n) is 5.61. The lowest BCUT2D eigenvalue weighted by molar-refractivity contribution is -0.0429. The first kappa shape index (κ1) is 27.8. The van der Waals surface area contributed by atoms with Gasteiger partial charge in [-0.25, -0.2) is 4.79 Å². The molecule has 0 radical (unpaired) electrons.